The highest BCUT2D eigenvalue weighted by Gasteiger charge is 2.28. The van der Waals surface area contributed by atoms with Crippen LogP contribution in [0.5, 0.6) is 11.5 Å². The largest absolute Gasteiger partial charge is 0.507 e. The van der Waals surface area contributed by atoms with Crippen LogP contribution in [0.2, 0.25) is 0 Å². The van der Waals surface area contributed by atoms with Crippen molar-refractivity contribution >= 4 is 0 Å². The first-order valence-corrected chi connectivity index (χ1v) is 11.9. The van der Waals surface area contributed by atoms with Crippen LogP contribution in [0.25, 0.3) is 0 Å². The van der Waals surface area contributed by atoms with Crippen molar-refractivity contribution in [2.75, 3.05) is 26.7 Å². The molecule has 2 fully saturated rings. The van der Waals surface area contributed by atoms with E-state index in [4.69, 9.17) is 4.74 Å². The molecule has 5 heteroatoms. The van der Waals surface area contributed by atoms with E-state index in [-0.39, 0.29) is 0 Å². The summed E-state index contributed by atoms with van der Waals surface area (Å²) in [6.45, 7) is 5.10. The minimum Gasteiger partial charge on any atom is -0.507 e. The lowest BCUT2D eigenvalue weighted by molar-refractivity contribution is 0.0769. The minimum atomic E-state index is 0.308. The number of phenols is 1. The molecule has 31 heavy (non-hydrogen) atoms. The molecule has 1 N–H and O–H groups in total. The van der Waals surface area contributed by atoms with Crippen molar-refractivity contribution in [1.82, 2.24) is 14.8 Å². The summed E-state index contributed by atoms with van der Waals surface area (Å²) in [4.78, 5) is 9.56. The molecule has 2 aromatic rings. The lowest BCUT2D eigenvalue weighted by Gasteiger charge is -2.41. The molecule has 0 amide bonds. The second kappa shape index (κ2) is 11.0. The highest BCUT2D eigenvalue weighted by molar-refractivity contribution is 5.39. The molecular formula is C26H37N3O2. The third kappa shape index (κ3) is 6.20. The summed E-state index contributed by atoms with van der Waals surface area (Å²) in [5.74, 6) is 1.67. The predicted octanol–water partition coefficient (Wildman–Crippen LogP) is 4.84. The van der Waals surface area contributed by atoms with Gasteiger partial charge in [-0.2, -0.15) is 0 Å². The molecule has 2 aliphatic rings. The van der Waals surface area contributed by atoms with Crippen LogP contribution in [-0.4, -0.2) is 52.7 Å². The Hall–Kier alpha value is -2.11. The maximum Gasteiger partial charge on any atom is 0.123 e. The highest BCUT2D eigenvalue weighted by atomic mass is 16.5. The summed E-state index contributed by atoms with van der Waals surface area (Å²) in [5, 5.41) is 10.5. The summed E-state index contributed by atoms with van der Waals surface area (Å²) in [6.07, 6.45) is 13.3. The van der Waals surface area contributed by atoms with Crippen molar-refractivity contribution in [3.63, 3.8) is 0 Å². The van der Waals surface area contributed by atoms with Crippen LogP contribution < -0.4 is 4.74 Å². The van der Waals surface area contributed by atoms with E-state index in [1.54, 1.807) is 13.2 Å². The van der Waals surface area contributed by atoms with Crippen LogP contribution in [0.1, 0.15) is 56.1 Å². The molecule has 1 saturated carbocycles. The van der Waals surface area contributed by atoms with Gasteiger partial charge in [-0.1, -0.05) is 31.4 Å². The molecule has 1 atom stereocenters. The van der Waals surface area contributed by atoms with Crippen LogP contribution in [0, 0.1) is 5.92 Å². The van der Waals surface area contributed by atoms with Crippen molar-refractivity contribution < 1.29 is 9.84 Å². The van der Waals surface area contributed by atoms with E-state index in [9.17, 15) is 5.11 Å². The second-order valence-electron chi connectivity index (χ2n) is 9.32. The zero-order valence-corrected chi connectivity index (χ0v) is 18.9. The van der Waals surface area contributed by atoms with E-state index in [0.717, 1.165) is 31.2 Å². The number of hydrogen-bond donors (Lipinski definition) is 1. The third-order valence-corrected chi connectivity index (χ3v) is 6.97. The Labute approximate surface area is 187 Å². The van der Waals surface area contributed by atoms with Crippen LogP contribution in [0.4, 0.5) is 0 Å². The van der Waals surface area contributed by atoms with E-state index in [2.05, 4.69) is 20.9 Å². The number of ether oxygens (including phenoxy) is 1. The van der Waals surface area contributed by atoms with Gasteiger partial charge in [0.1, 0.15) is 11.5 Å². The number of rotatable bonds is 8. The number of nitrogens with zero attached hydrogens (tertiary/aromatic N) is 3. The quantitative estimate of drug-likeness (QED) is 0.658. The number of aromatic nitrogens is 1. The van der Waals surface area contributed by atoms with E-state index in [1.165, 1.54) is 63.6 Å². The van der Waals surface area contributed by atoms with Gasteiger partial charge in [0.25, 0.3) is 0 Å². The Kier molecular flexibility index (Phi) is 7.81. The number of methoxy groups -OCH3 is 1. The molecule has 1 saturated heterocycles. The molecule has 4 rings (SSSR count). The average Bonchev–Trinajstić information content (AvgIpc) is 2.82. The van der Waals surface area contributed by atoms with Crippen LogP contribution >= 0.6 is 0 Å². The number of pyridine rings is 1. The molecule has 168 valence electrons. The highest BCUT2D eigenvalue weighted by Crippen LogP contribution is 2.29. The van der Waals surface area contributed by atoms with Crippen LogP contribution in [0.3, 0.4) is 0 Å². The van der Waals surface area contributed by atoms with E-state index in [1.807, 2.05) is 30.6 Å². The van der Waals surface area contributed by atoms with Gasteiger partial charge in [0.15, 0.2) is 0 Å². The molecule has 0 bridgehead atoms. The number of piperidine rings is 1. The zero-order valence-electron chi connectivity index (χ0n) is 18.9. The third-order valence-electron chi connectivity index (χ3n) is 6.97. The Morgan fingerprint density at radius 2 is 1.97 bits per heavy atom. The standard InChI is InChI=1S/C26H37N3O2/c1-31-25-12-11-23(26(30)15-25)20-28(17-21-7-5-13-27-16-21)18-22-8-6-14-29(19-22)24-9-3-2-4-10-24/h5,7,11-13,15-16,22,24,30H,2-4,6,8-10,14,17-20H2,1H3. The monoisotopic (exact) mass is 423 g/mol. The minimum absolute atomic E-state index is 0.308. The summed E-state index contributed by atoms with van der Waals surface area (Å²) in [7, 11) is 1.63. The summed E-state index contributed by atoms with van der Waals surface area (Å²) < 4.78 is 5.25. The molecule has 0 spiro atoms. The Bertz CT molecular complexity index is 808. The molecule has 0 radical (unpaired) electrons. The first-order chi connectivity index (χ1) is 15.2. The van der Waals surface area contributed by atoms with Crippen molar-refractivity contribution in [3.8, 4) is 11.5 Å². The van der Waals surface area contributed by atoms with Crippen LogP contribution in [-0.2, 0) is 13.1 Å². The summed E-state index contributed by atoms with van der Waals surface area (Å²) in [6, 6.07) is 10.6. The molecule has 1 aliphatic carbocycles. The number of benzene rings is 1. The SMILES string of the molecule is COc1ccc(CN(Cc2cccnc2)CC2CCCN(C3CCCCC3)C2)c(O)c1. The van der Waals surface area contributed by atoms with Gasteiger partial charge in [-0.3, -0.25) is 9.88 Å². The molecule has 1 aromatic carbocycles. The van der Waals surface area contributed by atoms with Crippen molar-refractivity contribution in [2.45, 2.75) is 64.1 Å². The normalized spacial score (nSPS) is 20.8. The lowest BCUT2D eigenvalue weighted by atomic mass is 9.90. The zero-order chi connectivity index (χ0) is 21.5. The van der Waals surface area contributed by atoms with E-state index >= 15 is 0 Å². The average molecular weight is 424 g/mol. The molecular weight excluding hydrogens is 386 g/mol. The van der Waals surface area contributed by atoms with Crippen molar-refractivity contribution in [3.05, 3.63) is 53.9 Å². The van der Waals surface area contributed by atoms with Gasteiger partial charge < -0.3 is 14.7 Å². The fourth-order valence-electron chi connectivity index (χ4n) is 5.37. The maximum atomic E-state index is 10.5. The first kappa shape index (κ1) is 22.1. The van der Waals surface area contributed by atoms with Gasteiger partial charge >= 0.3 is 0 Å². The molecule has 5 nitrogen and oxygen atoms in total. The van der Waals surface area contributed by atoms with Gasteiger partial charge in [0, 0.05) is 56.2 Å². The lowest BCUT2D eigenvalue weighted by Crippen LogP contribution is -2.46. The van der Waals surface area contributed by atoms with Crippen molar-refractivity contribution in [2.24, 2.45) is 5.92 Å². The summed E-state index contributed by atoms with van der Waals surface area (Å²) >= 11 is 0. The fraction of sp³-hybridized carbons (Fsp3) is 0.577. The number of phenolic OH excluding ortho intramolecular Hbond substituents is 1. The molecule has 2 heterocycles. The van der Waals surface area contributed by atoms with Gasteiger partial charge in [-0.15, -0.1) is 0 Å². The summed E-state index contributed by atoms with van der Waals surface area (Å²) in [5.41, 5.74) is 2.17. The topological polar surface area (TPSA) is 48.8 Å². The van der Waals surface area contributed by atoms with Crippen LogP contribution in [0.15, 0.2) is 42.7 Å². The van der Waals surface area contributed by atoms with Crippen molar-refractivity contribution in [1.29, 1.82) is 0 Å². The van der Waals surface area contributed by atoms with Gasteiger partial charge in [-0.05, 0) is 55.8 Å². The fourth-order valence-corrected chi connectivity index (χ4v) is 5.37. The van der Waals surface area contributed by atoms with E-state index in [0.29, 0.717) is 17.4 Å². The van der Waals surface area contributed by atoms with E-state index < -0.39 is 0 Å². The predicted molar refractivity (Wildman–Crippen MR) is 124 cm³/mol. The number of likely N-dealkylation sites (tertiary alicyclic amines) is 1. The van der Waals surface area contributed by atoms with Gasteiger partial charge in [0.2, 0.25) is 0 Å². The molecule has 1 unspecified atom stereocenters. The smallest absolute Gasteiger partial charge is 0.123 e. The van der Waals surface area contributed by atoms with Gasteiger partial charge in [-0.25, -0.2) is 0 Å². The number of hydrogen-bond acceptors (Lipinski definition) is 5. The first-order valence-electron chi connectivity index (χ1n) is 11.9. The number of aromatic hydroxyl groups is 1. The molecule has 1 aliphatic heterocycles. The molecule has 1 aromatic heterocycles. The maximum absolute atomic E-state index is 10.5. The second-order valence-corrected chi connectivity index (χ2v) is 9.32. The Morgan fingerprint density at radius 3 is 2.71 bits per heavy atom. The van der Waals surface area contributed by atoms with Gasteiger partial charge in [0.05, 0.1) is 7.11 Å². The Balaban J connectivity index is 1.44. The Morgan fingerprint density at radius 1 is 1.10 bits per heavy atom.